The van der Waals surface area contributed by atoms with E-state index in [1.807, 2.05) is 36.4 Å². The third-order valence-electron chi connectivity index (χ3n) is 3.08. The van der Waals surface area contributed by atoms with Gasteiger partial charge in [0.05, 0.1) is 24.5 Å². The molecule has 0 amide bonds. The van der Waals surface area contributed by atoms with Crippen LogP contribution in [0.4, 0.5) is 0 Å². The van der Waals surface area contributed by atoms with E-state index >= 15 is 0 Å². The molecule has 0 radical (unpaired) electrons. The molecule has 0 unspecified atom stereocenters. The molecule has 0 atom stereocenters. The van der Waals surface area contributed by atoms with Gasteiger partial charge in [0.1, 0.15) is 0 Å². The highest BCUT2D eigenvalue weighted by atomic mass is 15.1. The van der Waals surface area contributed by atoms with Crippen molar-refractivity contribution >= 4 is 0 Å². The Balaban J connectivity index is 1.99. The lowest BCUT2D eigenvalue weighted by Crippen LogP contribution is -2.24. The molecule has 0 aliphatic heterocycles. The monoisotopic (exact) mass is 316 g/mol. The topological polar surface area (TPSA) is 55.0 Å². The second-order valence-corrected chi connectivity index (χ2v) is 4.97. The summed E-state index contributed by atoms with van der Waals surface area (Å²) in [6.45, 7) is 2.44. The Labute approximate surface area is 143 Å². The Kier molecular flexibility index (Phi) is 7.81. The summed E-state index contributed by atoms with van der Waals surface area (Å²) in [5.74, 6) is 11.7. The van der Waals surface area contributed by atoms with Gasteiger partial charge in [-0.05, 0) is 36.4 Å². The molecule has 0 aliphatic rings. The molecule has 4 nitrogen and oxygen atoms in total. The minimum atomic E-state index is 0.361. The van der Waals surface area contributed by atoms with Gasteiger partial charge in [-0.2, -0.15) is 0 Å². The number of nitrogens with two attached hydrogens (primary N) is 1. The summed E-state index contributed by atoms with van der Waals surface area (Å²) in [6.07, 6.45) is 7.06. The maximum Gasteiger partial charge on any atom is 0.0612 e. The molecule has 2 aromatic rings. The summed E-state index contributed by atoms with van der Waals surface area (Å²) in [5, 5.41) is 0. The van der Waals surface area contributed by atoms with E-state index in [4.69, 9.17) is 5.73 Å². The van der Waals surface area contributed by atoms with E-state index in [0.29, 0.717) is 13.1 Å². The molecule has 0 aromatic carbocycles. The molecule has 0 saturated carbocycles. The van der Waals surface area contributed by atoms with E-state index in [1.165, 1.54) is 0 Å². The summed E-state index contributed by atoms with van der Waals surface area (Å²) < 4.78 is 0. The Hall–Kier alpha value is -2.92. The van der Waals surface area contributed by atoms with Gasteiger partial charge in [0.25, 0.3) is 0 Å². The van der Waals surface area contributed by atoms with Gasteiger partial charge in [0, 0.05) is 25.5 Å². The molecule has 2 aromatic heterocycles. The summed E-state index contributed by atoms with van der Waals surface area (Å²) in [5.41, 5.74) is 7.32. The van der Waals surface area contributed by atoms with Gasteiger partial charge in [-0.3, -0.25) is 14.9 Å². The van der Waals surface area contributed by atoms with Gasteiger partial charge >= 0.3 is 0 Å². The Morgan fingerprint density at radius 3 is 1.96 bits per heavy atom. The lowest BCUT2D eigenvalue weighted by atomic mass is 10.3. The Morgan fingerprint density at radius 1 is 0.875 bits per heavy atom. The van der Waals surface area contributed by atoms with Gasteiger partial charge in [-0.1, -0.05) is 35.8 Å². The van der Waals surface area contributed by atoms with Gasteiger partial charge in [0.15, 0.2) is 0 Å². The standard InChI is InChI=1S/C20H20N4/c21-13-7-3-1-2-4-10-16-24(17-19-11-5-8-14-22-19)18-20-12-6-9-15-23-20/h1-2,5-6,8-9,11-12,14-15H,13,16-18,21H2. The van der Waals surface area contributed by atoms with Gasteiger partial charge in [-0.15, -0.1) is 0 Å². The van der Waals surface area contributed by atoms with Crippen molar-refractivity contribution in [2.75, 3.05) is 13.1 Å². The van der Waals surface area contributed by atoms with Crippen LogP contribution in [-0.2, 0) is 13.1 Å². The first-order chi connectivity index (χ1) is 11.9. The first kappa shape index (κ1) is 17.4. The summed E-state index contributed by atoms with van der Waals surface area (Å²) in [6, 6.07) is 11.8. The summed E-state index contributed by atoms with van der Waals surface area (Å²) in [4.78, 5) is 11.0. The lowest BCUT2D eigenvalue weighted by molar-refractivity contribution is 0.283. The van der Waals surface area contributed by atoms with Crippen LogP contribution >= 0.6 is 0 Å². The van der Waals surface area contributed by atoms with Crippen molar-refractivity contribution in [2.24, 2.45) is 5.73 Å². The summed E-state index contributed by atoms with van der Waals surface area (Å²) in [7, 11) is 0. The van der Waals surface area contributed by atoms with Crippen LogP contribution < -0.4 is 5.73 Å². The lowest BCUT2D eigenvalue weighted by Gasteiger charge is -2.18. The molecule has 4 heteroatoms. The fourth-order valence-corrected chi connectivity index (χ4v) is 2.03. The Bertz CT molecular complexity index is 705. The van der Waals surface area contributed by atoms with Crippen LogP contribution in [0.1, 0.15) is 11.4 Å². The van der Waals surface area contributed by atoms with Gasteiger partial charge in [0.2, 0.25) is 0 Å². The predicted octanol–water partition coefficient (Wildman–Crippen LogP) is 2.00. The molecule has 0 saturated heterocycles. The highest BCUT2D eigenvalue weighted by Crippen LogP contribution is 2.06. The third kappa shape index (κ3) is 6.89. The maximum atomic E-state index is 5.29. The molecular formula is C20H20N4. The van der Waals surface area contributed by atoms with E-state index in [0.717, 1.165) is 24.5 Å². The van der Waals surface area contributed by atoms with Crippen LogP contribution in [-0.4, -0.2) is 28.0 Å². The first-order valence-corrected chi connectivity index (χ1v) is 7.72. The smallest absolute Gasteiger partial charge is 0.0612 e. The average molecular weight is 316 g/mol. The quantitative estimate of drug-likeness (QED) is 0.857. The first-order valence-electron chi connectivity index (χ1n) is 7.72. The fraction of sp³-hybridized carbons (Fsp3) is 0.200. The normalized spacial score (nSPS) is 10.1. The highest BCUT2D eigenvalue weighted by Gasteiger charge is 2.07. The van der Waals surface area contributed by atoms with Crippen LogP contribution in [0.3, 0.4) is 0 Å². The van der Waals surface area contributed by atoms with Crippen LogP contribution in [0, 0.1) is 23.7 Å². The number of pyridine rings is 2. The van der Waals surface area contributed by atoms with Crippen molar-refractivity contribution in [1.82, 2.24) is 14.9 Å². The predicted molar refractivity (Wildman–Crippen MR) is 96.3 cm³/mol. The zero-order chi connectivity index (χ0) is 16.9. The van der Waals surface area contributed by atoms with Gasteiger partial charge in [-0.25, -0.2) is 0 Å². The van der Waals surface area contributed by atoms with E-state index in [1.54, 1.807) is 24.5 Å². The molecular weight excluding hydrogens is 296 g/mol. The molecule has 0 aliphatic carbocycles. The van der Waals surface area contributed by atoms with Crippen molar-refractivity contribution in [3.63, 3.8) is 0 Å². The zero-order valence-electron chi connectivity index (χ0n) is 13.5. The number of allylic oxidation sites excluding steroid dienone is 2. The number of hydrogen-bond donors (Lipinski definition) is 1. The largest absolute Gasteiger partial charge is 0.320 e. The van der Waals surface area contributed by atoms with Crippen LogP contribution in [0.5, 0.6) is 0 Å². The molecule has 0 spiro atoms. The van der Waals surface area contributed by atoms with Crippen molar-refractivity contribution in [3.05, 3.63) is 72.3 Å². The van der Waals surface area contributed by atoms with Gasteiger partial charge < -0.3 is 5.73 Å². The minimum absolute atomic E-state index is 0.361. The van der Waals surface area contributed by atoms with E-state index < -0.39 is 0 Å². The Morgan fingerprint density at radius 2 is 1.46 bits per heavy atom. The van der Waals surface area contributed by atoms with E-state index in [9.17, 15) is 0 Å². The highest BCUT2D eigenvalue weighted by molar-refractivity contribution is 5.25. The fourth-order valence-electron chi connectivity index (χ4n) is 2.03. The SMILES string of the molecule is NCC#CC=CC#CCN(Cc1ccccn1)Cc1ccccn1. The van der Waals surface area contributed by atoms with E-state index in [-0.39, 0.29) is 0 Å². The number of rotatable bonds is 5. The summed E-state index contributed by atoms with van der Waals surface area (Å²) >= 11 is 0. The third-order valence-corrected chi connectivity index (χ3v) is 3.08. The van der Waals surface area contributed by atoms with Crippen LogP contribution in [0.25, 0.3) is 0 Å². The average Bonchev–Trinajstić information content (AvgIpc) is 2.62. The molecule has 120 valence electrons. The number of hydrogen-bond acceptors (Lipinski definition) is 4. The van der Waals surface area contributed by atoms with Crippen LogP contribution in [0.2, 0.25) is 0 Å². The van der Waals surface area contributed by atoms with Crippen LogP contribution in [0.15, 0.2) is 60.9 Å². The number of aromatic nitrogens is 2. The second kappa shape index (κ2) is 10.7. The number of nitrogens with zero attached hydrogens (tertiary/aromatic N) is 3. The molecule has 24 heavy (non-hydrogen) atoms. The minimum Gasteiger partial charge on any atom is -0.320 e. The van der Waals surface area contributed by atoms with Crippen molar-refractivity contribution in [3.8, 4) is 23.7 Å². The van der Waals surface area contributed by atoms with E-state index in [2.05, 4.69) is 38.5 Å². The van der Waals surface area contributed by atoms with Crippen molar-refractivity contribution < 1.29 is 0 Å². The molecule has 2 N–H and O–H groups in total. The second-order valence-electron chi connectivity index (χ2n) is 4.97. The molecule has 0 fully saturated rings. The molecule has 2 rings (SSSR count). The zero-order valence-corrected chi connectivity index (χ0v) is 13.5. The maximum absolute atomic E-state index is 5.29. The van der Waals surface area contributed by atoms with Crippen molar-refractivity contribution in [2.45, 2.75) is 13.1 Å². The molecule has 0 bridgehead atoms. The molecule has 2 heterocycles. The van der Waals surface area contributed by atoms with Crippen molar-refractivity contribution in [1.29, 1.82) is 0 Å².